The lowest BCUT2D eigenvalue weighted by Gasteiger charge is -2.14. The molecular weight excluding hydrogens is 275 g/mol. The van der Waals surface area contributed by atoms with Crippen molar-refractivity contribution < 1.29 is 9.30 Å². The number of aromatic nitrogens is 4. The molecule has 0 aliphatic heterocycles. The Kier molecular flexibility index (Phi) is 5.26. The van der Waals surface area contributed by atoms with E-state index in [1.807, 2.05) is 18.4 Å². The van der Waals surface area contributed by atoms with Gasteiger partial charge < -0.3 is 13.9 Å². The highest BCUT2D eigenvalue weighted by Crippen LogP contribution is 2.44. The third kappa shape index (κ3) is 3.64. The van der Waals surface area contributed by atoms with Crippen LogP contribution in [0.2, 0.25) is 0 Å². The van der Waals surface area contributed by atoms with Gasteiger partial charge in [0.25, 0.3) is 0 Å². The first-order valence-corrected chi connectivity index (χ1v) is 9.20. The number of ether oxygens (including phenoxy) is 1. The normalized spacial score (nSPS) is 12.1. The fourth-order valence-electron chi connectivity index (χ4n) is 1.95. The Labute approximate surface area is 119 Å². The zero-order valence-electron chi connectivity index (χ0n) is 12.0. The molecule has 7 heteroatoms. The molecule has 0 saturated carbocycles. The van der Waals surface area contributed by atoms with Crippen LogP contribution in [0.25, 0.3) is 11.2 Å². The van der Waals surface area contributed by atoms with Crippen molar-refractivity contribution in [1.29, 1.82) is 0 Å². The van der Waals surface area contributed by atoms with Gasteiger partial charge in [0.2, 0.25) is 0 Å². The van der Waals surface area contributed by atoms with Crippen molar-refractivity contribution in [3.05, 3.63) is 18.9 Å². The smallest absolute Gasteiger partial charge is 0.163 e. The molecule has 0 spiro atoms. The second-order valence-electron chi connectivity index (χ2n) is 4.75. The van der Waals surface area contributed by atoms with Gasteiger partial charge in [-0.25, -0.2) is 15.0 Å². The van der Waals surface area contributed by atoms with Crippen molar-refractivity contribution in [1.82, 2.24) is 19.5 Å². The summed E-state index contributed by atoms with van der Waals surface area (Å²) in [7, 11) is -2.08. The van der Waals surface area contributed by atoms with Crippen LogP contribution in [-0.4, -0.2) is 44.8 Å². The van der Waals surface area contributed by atoms with Gasteiger partial charge >= 0.3 is 0 Å². The minimum Gasteiger partial charge on any atom is -0.374 e. The lowest BCUT2D eigenvalue weighted by molar-refractivity contribution is 0.168. The van der Waals surface area contributed by atoms with E-state index in [9.17, 15) is 4.57 Å². The Morgan fingerprint density at radius 3 is 2.85 bits per heavy atom. The largest absolute Gasteiger partial charge is 0.374 e. The minimum atomic E-state index is -2.08. The van der Waals surface area contributed by atoms with E-state index in [0.717, 1.165) is 24.1 Å². The van der Waals surface area contributed by atoms with Crippen LogP contribution in [0, 0.1) is 0 Å². The summed E-state index contributed by atoms with van der Waals surface area (Å²) in [6.45, 7) is 5.32. The number of rotatable bonds is 8. The second-order valence-corrected chi connectivity index (χ2v) is 8.39. The van der Waals surface area contributed by atoms with E-state index in [1.165, 1.54) is 6.33 Å². The third-order valence-electron chi connectivity index (χ3n) is 3.45. The first kappa shape index (κ1) is 15.1. The maximum atomic E-state index is 12.2. The number of hydrogen-bond donors (Lipinski definition) is 0. The first-order chi connectivity index (χ1) is 9.68. The highest BCUT2D eigenvalue weighted by atomic mass is 31.2. The van der Waals surface area contributed by atoms with Gasteiger partial charge in [-0.3, -0.25) is 0 Å². The van der Waals surface area contributed by atoms with Crippen molar-refractivity contribution in [3.8, 4) is 0 Å². The van der Waals surface area contributed by atoms with E-state index in [1.54, 1.807) is 12.5 Å². The zero-order valence-corrected chi connectivity index (χ0v) is 12.9. The molecule has 2 aromatic rings. The standard InChI is InChI=1S/C13H21N4O2P/c1-3-20(18,4-2)11-19-7-5-6-17-10-16-12-8-14-9-15-13(12)17/h8-10H,3-7,11H2,1-2H3. The van der Waals surface area contributed by atoms with Crippen LogP contribution in [0.3, 0.4) is 0 Å². The average Bonchev–Trinajstić information content (AvgIpc) is 2.90. The van der Waals surface area contributed by atoms with Crippen LogP contribution < -0.4 is 0 Å². The molecule has 20 heavy (non-hydrogen) atoms. The van der Waals surface area contributed by atoms with Crippen molar-refractivity contribution in [2.45, 2.75) is 26.8 Å². The molecule has 0 amide bonds. The summed E-state index contributed by atoms with van der Waals surface area (Å²) in [6.07, 6.45) is 7.67. The molecule has 0 atom stereocenters. The predicted octanol–water partition coefficient (Wildman–Crippen LogP) is 2.59. The average molecular weight is 296 g/mol. The molecule has 2 heterocycles. The van der Waals surface area contributed by atoms with Gasteiger partial charge in [-0.15, -0.1) is 0 Å². The van der Waals surface area contributed by atoms with Gasteiger partial charge in [-0.1, -0.05) is 13.8 Å². The fourth-order valence-corrected chi connectivity index (χ4v) is 3.23. The maximum absolute atomic E-state index is 12.2. The first-order valence-electron chi connectivity index (χ1n) is 6.94. The van der Waals surface area contributed by atoms with Crippen molar-refractivity contribution in [2.24, 2.45) is 0 Å². The molecule has 2 aromatic heterocycles. The highest BCUT2D eigenvalue weighted by molar-refractivity contribution is 7.63. The molecule has 0 aromatic carbocycles. The van der Waals surface area contributed by atoms with E-state index >= 15 is 0 Å². The molecule has 6 nitrogen and oxygen atoms in total. The molecule has 0 N–H and O–H groups in total. The Morgan fingerprint density at radius 1 is 1.30 bits per heavy atom. The summed E-state index contributed by atoms with van der Waals surface area (Å²) in [5, 5.41) is 0. The van der Waals surface area contributed by atoms with Gasteiger partial charge in [0.1, 0.15) is 19.0 Å². The summed E-state index contributed by atoms with van der Waals surface area (Å²) < 4.78 is 19.7. The van der Waals surface area contributed by atoms with E-state index in [0.29, 0.717) is 25.3 Å². The third-order valence-corrected chi connectivity index (χ3v) is 6.41. The summed E-state index contributed by atoms with van der Waals surface area (Å²) >= 11 is 0. The molecule has 2 rings (SSSR count). The van der Waals surface area contributed by atoms with Gasteiger partial charge in [-0.05, 0) is 6.42 Å². The highest BCUT2D eigenvalue weighted by Gasteiger charge is 2.16. The van der Waals surface area contributed by atoms with Gasteiger partial charge in [-0.2, -0.15) is 0 Å². The fraction of sp³-hybridized carbons (Fsp3) is 0.615. The molecule has 110 valence electrons. The van der Waals surface area contributed by atoms with Crippen molar-refractivity contribution in [3.63, 3.8) is 0 Å². The Bertz CT molecular complexity index is 591. The molecule has 0 radical (unpaired) electrons. The van der Waals surface area contributed by atoms with Gasteiger partial charge in [0.15, 0.2) is 5.65 Å². The summed E-state index contributed by atoms with van der Waals surface area (Å²) in [4.78, 5) is 12.4. The van der Waals surface area contributed by atoms with Crippen LogP contribution in [0.5, 0.6) is 0 Å². The number of nitrogens with zero attached hydrogens (tertiary/aromatic N) is 4. The molecular formula is C13H21N4O2P. The lowest BCUT2D eigenvalue weighted by atomic mass is 10.4. The number of fused-ring (bicyclic) bond motifs is 1. The number of imidazole rings is 1. The van der Waals surface area contributed by atoms with Crippen LogP contribution in [0.1, 0.15) is 20.3 Å². The van der Waals surface area contributed by atoms with Crippen LogP contribution in [-0.2, 0) is 15.8 Å². The molecule has 0 aliphatic carbocycles. The van der Waals surface area contributed by atoms with E-state index in [-0.39, 0.29) is 0 Å². The number of aryl methyl sites for hydroxylation is 1. The van der Waals surface area contributed by atoms with Crippen LogP contribution in [0.4, 0.5) is 0 Å². The van der Waals surface area contributed by atoms with Gasteiger partial charge in [0.05, 0.1) is 18.9 Å². The monoisotopic (exact) mass is 296 g/mol. The molecule has 0 aliphatic rings. The predicted molar refractivity (Wildman–Crippen MR) is 79.4 cm³/mol. The van der Waals surface area contributed by atoms with E-state index in [2.05, 4.69) is 15.0 Å². The molecule has 0 fully saturated rings. The quantitative estimate of drug-likeness (QED) is 0.553. The van der Waals surface area contributed by atoms with E-state index in [4.69, 9.17) is 4.74 Å². The van der Waals surface area contributed by atoms with Gasteiger partial charge in [0, 0.05) is 25.5 Å². The zero-order chi connectivity index (χ0) is 14.4. The van der Waals surface area contributed by atoms with Crippen molar-refractivity contribution >= 4 is 18.3 Å². The SMILES string of the molecule is CCP(=O)(CC)COCCCn1cnc2cncnc21. The Balaban J connectivity index is 1.78. The molecule has 0 saturated heterocycles. The number of hydrogen-bond acceptors (Lipinski definition) is 5. The van der Waals surface area contributed by atoms with Crippen molar-refractivity contribution in [2.75, 3.05) is 25.3 Å². The van der Waals surface area contributed by atoms with E-state index < -0.39 is 7.14 Å². The van der Waals surface area contributed by atoms with Crippen LogP contribution in [0.15, 0.2) is 18.9 Å². The molecule has 0 unspecified atom stereocenters. The lowest BCUT2D eigenvalue weighted by Crippen LogP contribution is -2.05. The Hall–Kier alpha value is -1.26. The Morgan fingerprint density at radius 2 is 2.10 bits per heavy atom. The topological polar surface area (TPSA) is 69.9 Å². The summed E-state index contributed by atoms with van der Waals surface area (Å²) in [5.74, 6) is 0. The second kappa shape index (κ2) is 6.95. The molecule has 0 bridgehead atoms. The summed E-state index contributed by atoms with van der Waals surface area (Å²) in [5.41, 5.74) is 1.64. The summed E-state index contributed by atoms with van der Waals surface area (Å²) in [6, 6.07) is 0. The minimum absolute atomic E-state index is 0.396. The maximum Gasteiger partial charge on any atom is 0.163 e. The van der Waals surface area contributed by atoms with Crippen LogP contribution >= 0.6 is 7.14 Å².